The van der Waals surface area contributed by atoms with Gasteiger partial charge in [0, 0.05) is 11.6 Å². The zero-order valence-electron chi connectivity index (χ0n) is 10.4. The van der Waals surface area contributed by atoms with Crippen molar-refractivity contribution in [3.8, 4) is 0 Å². The van der Waals surface area contributed by atoms with E-state index in [2.05, 4.69) is 20.9 Å². The number of aliphatic hydroxyl groups excluding tert-OH is 1. The summed E-state index contributed by atoms with van der Waals surface area (Å²) < 4.78 is 13.6. The third-order valence-electron chi connectivity index (χ3n) is 3.21. The van der Waals surface area contributed by atoms with Crippen LogP contribution in [0.2, 0.25) is 0 Å². The Morgan fingerprint density at radius 1 is 1.05 bits per heavy atom. The summed E-state index contributed by atoms with van der Waals surface area (Å²) in [6.45, 7) is 0. The first-order valence-corrected chi connectivity index (χ1v) is 6.92. The van der Waals surface area contributed by atoms with Crippen molar-refractivity contribution in [3.05, 3.63) is 76.1 Å². The summed E-state index contributed by atoms with van der Waals surface area (Å²) in [5.74, 6) is -0.346. The van der Waals surface area contributed by atoms with Crippen molar-refractivity contribution in [2.75, 3.05) is 0 Å². The van der Waals surface area contributed by atoms with Crippen LogP contribution in [0.25, 0.3) is 10.9 Å². The van der Waals surface area contributed by atoms with Crippen LogP contribution in [0.3, 0.4) is 0 Å². The maximum atomic E-state index is 13.2. The lowest BCUT2D eigenvalue weighted by Gasteiger charge is -2.12. The van der Waals surface area contributed by atoms with Gasteiger partial charge in [-0.05, 0) is 51.3 Å². The molecule has 2 aromatic carbocycles. The van der Waals surface area contributed by atoms with E-state index < -0.39 is 6.10 Å². The highest BCUT2D eigenvalue weighted by molar-refractivity contribution is 9.10. The highest BCUT2D eigenvalue weighted by Crippen LogP contribution is 2.27. The molecule has 0 bridgehead atoms. The molecule has 1 unspecified atom stereocenters. The number of fused-ring (bicyclic) bond motifs is 1. The summed E-state index contributed by atoms with van der Waals surface area (Å²) in [4.78, 5) is 4.27. The molecule has 1 aromatic heterocycles. The molecule has 1 heterocycles. The highest BCUT2D eigenvalue weighted by atomic mass is 79.9. The van der Waals surface area contributed by atoms with E-state index in [0.717, 1.165) is 16.5 Å². The van der Waals surface area contributed by atoms with Gasteiger partial charge in [-0.15, -0.1) is 0 Å². The second-order valence-corrected chi connectivity index (χ2v) is 5.39. The average Bonchev–Trinajstić information content (AvgIpc) is 2.49. The van der Waals surface area contributed by atoms with Crippen LogP contribution in [-0.4, -0.2) is 10.1 Å². The molecule has 2 nitrogen and oxygen atoms in total. The third kappa shape index (κ3) is 2.44. The first-order valence-electron chi connectivity index (χ1n) is 6.13. The number of aromatic nitrogens is 1. The lowest BCUT2D eigenvalue weighted by atomic mass is 10.0. The zero-order valence-corrected chi connectivity index (χ0v) is 12.0. The number of rotatable bonds is 2. The van der Waals surface area contributed by atoms with Crippen LogP contribution in [0.1, 0.15) is 17.2 Å². The molecule has 0 aliphatic rings. The predicted octanol–water partition coefficient (Wildman–Crippen LogP) is 4.22. The summed E-state index contributed by atoms with van der Waals surface area (Å²) in [6, 6.07) is 13.9. The lowest BCUT2D eigenvalue weighted by Crippen LogP contribution is -2.00. The number of nitrogens with zero attached hydrogens (tertiary/aromatic N) is 1. The minimum Gasteiger partial charge on any atom is -0.384 e. The normalized spacial score (nSPS) is 12.6. The Labute approximate surface area is 124 Å². The number of halogens is 2. The van der Waals surface area contributed by atoms with Crippen LogP contribution in [0.4, 0.5) is 4.39 Å². The predicted molar refractivity (Wildman–Crippen MR) is 79.9 cm³/mol. The second kappa shape index (κ2) is 5.31. The fourth-order valence-electron chi connectivity index (χ4n) is 2.13. The van der Waals surface area contributed by atoms with Gasteiger partial charge >= 0.3 is 0 Å². The Balaban J connectivity index is 2.02. The van der Waals surface area contributed by atoms with Crippen molar-refractivity contribution in [2.45, 2.75) is 6.10 Å². The van der Waals surface area contributed by atoms with E-state index >= 15 is 0 Å². The number of aliphatic hydroxyl groups is 1. The van der Waals surface area contributed by atoms with E-state index in [1.54, 1.807) is 18.3 Å². The summed E-state index contributed by atoms with van der Waals surface area (Å²) in [5.41, 5.74) is 2.19. The minimum absolute atomic E-state index is 0.341. The van der Waals surface area contributed by atoms with Crippen LogP contribution in [0, 0.1) is 5.82 Å². The maximum absolute atomic E-state index is 13.2. The van der Waals surface area contributed by atoms with Gasteiger partial charge in [-0.25, -0.2) is 4.39 Å². The smallest absolute Gasteiger partial charge is 0.137 e. The largest absolute Gasteiger partial charge is 0.384 e. The Morgan fingerprint density at radius 2 is 1.80 bits per heavy atom. The molecular formula is C16H11BrFNO. The van der Waals surface area contributed by atoms with Gasteiger partial charge in [0.05, 0.1) is 9.99 Å². The SMILES string of the molecule is OC(c1ccc(F)c(Br)c1)c1ccc2cccnc2c1. The van der Waals surface area contributed by atoms with Crippen LogP contribution in [0.15, 0.2) is 59.2 Å². The molecule has 4 heteroatoms. The summed E-state index contributed by atoms with van der Waals surface area (Å²) in [7, 11) is 0. The van der Waals surface area contributed by atoms with Crippen LogP contribution < -0.4 is 0 Å². The molecule has 3 rings (SSSR count). The van der Waals surface area contributed by atoms with E-state index in [0.29, 0.717) is 10.0 Å². The first-order chi connectivity index (χ1) is 9.65. The van der Waals surface area contributed by atoms with Gasteiger partial charge in [0.25, 0.3) is 0 Å². The Hall–Kier alpha value is -1.78. The van der Waals surface area contributed by atoms with Gasteiger partial charge in [-0.1, -0.05) is 24.3 Å². The number of benzene rings is 2. The number of hydrogen-bond donors (Lipinski definition) is 1. The molecule has 0 aliphatic heterocycles. The molecule has 0 saturated heterocycles. The van der Waals surface area contributed by atoms with Crippen LogP contribution in [0.5, 0.6) is 0 Å². The molecule has 0 spiro atoms. The Morgan fingerprint density at radius 3 is 2.60 bits per heavy atom. The van der Waals surface area contributed by atoms with Gasteiger partial charge in [0.2, 0.25) is 0 Å². The monoisotopic (exact) mass is 331 g/mol. The molecule has 1 atom stereocenters. The molecule has 1 N–H and O–H groups in total. The second-order valence-electron chi connectivity index (χ2n) is 4.53. The molecule has 0 saturated carbocycles. The molecule has 0 radical (unpaired) electrons. The van der Waals surface area contributed by atoms with Gasteiger partial charge < -0.3 is 5.11 Å². The topological polar surface area (TPSA) is 33.1 Å². The molecular weight excluding hydrogens is 321 g/mol. The van der Waals surface area contributed by atoms with Crippen molar-refractivity contribution >= 4 is 26.8 Å². The zero-order chi connectivity index (χ0) is 14.1. The highest BCUT2D eigenvalue weighted by Gasteiger charge is 2.13. The van der Waals surface area contributed by atoms with Gasteiger partial charge in [-0.3, -0.25) is 4.98 Å². The third-order valence-corrected chi connectivity index (χ3v) is 3.81. The van der Waals surface area contributed by atoms with Gasteiger partial charge in [-0.2, -0.15) is 0 Å². The molecule has 0 aliphatic carbocycles. The van der Waals surface area contributed by atoms with Crippen LogP contribution in [-0.2, 0) is 0 Å². The summed E-state index contributed by atoms with van der Waals surface area (Å²) in [5, 5.41) is 11.4. The first kappa shape index (κ1) is 13.2. The van der Waals surface area contributed by atoms with Crippen molar-refractivity contribution in [3.63, 3.8) is 0 Å². The van der Waals surface area contributed by atoms with E-state index in [9.17, 15) is 9.50 Å². The summed E-state index contributed by atoms with van der Waals surface area (Å²) in [6.07, 6.45) is 0.908. The van der Waals surface area contributed by atoms with Crippen molar-refractivity contribution in [1.82, 2.24) is 4.98 Å². The van der Waals surface area contributed by atoms with Crippen molar-refractivity contribution < 1.29 is 9.50 Å². The quantitative estimate of drug-likeness (QED) is 0.762. The molecule has 100 valence electrons. The minimum atomic E-state index is -0.807. The van der Waals surface area contributed by atoms with Crippen molar-refractivity contribution in [2.24, 2.45) is 0 Å². The fourth-order valence-corrected chi connectivity index (χ4v) is 2.52. The molecule has 3 aromatic rings. The summed E-state index contributed by atoms with van der Waals surface area (Å²) >= 11 is 3.13. The van der Waals surface area contributed by atoms with Crippen molar-refractivity contribution in [1.29, 1.82) is 0 Å². The van der Waals surface area contributed by atoms with E-state index in [-0.39, 0.29) is 5.82 Å². The standard InChI is InChI=1S/C16H11BrFNO/c17-13-8-11(5-6-14(13)18)16(20)12-4-3-10-2-1-7-19-15(10)9-12/h1-9,16,20H. The Bertz CT molecular complexity index is 775. The van der Waals surface area contributed by atoms with Gasteiger partial charge in [0.15, 0.2) is 0 Å². The Kier molecular flexibility index (Phi) is 3.51. The maximum Gasteiger partial charge on any atom is 0.137 e. The molecule has 20 heavy (non-hydrogen) atoms. The fraction of sp³-hybridized carbons (Fsp3) is 0.0625. The van der Waals surface area contributed by atoms with E-state index in [1.165, 1.54) is 6.07 Å². The van der Waals surface area contributed by atoms with E-state index in [1.807, 2.05) is 30.3 Å². The average molecular weight is 332 g/mol. The van der Waals surface area contributed by atoms with Gasteiger partial charge in [0.1, 0.15) is 11.9 Å². The van der Waals surface area contributed by atoms with E-state index in [4.69, 9.17) is 0 Å². The van der Waals surface area contributed by atoms with Crippen LogP contribution >= 0.6 is 15.9 Å². The number of hydrogen-bond acceptors (Lipinski definition) is 2. The molecule has 0 fully saturated rings. The lowest BCUT2D eigenvalue weighted by molar-refractivity contribution is 0.220. The number of pyridine rings is 1. The molecule has 0 amide bonds.